The second kappa shape index (κ2) is 7.43. The summed E-state index contributed by atoms with van der Waals surface area (Å²) in [7, 11) is 0. The maximum absolute atomic E-state index is 7.27. The molecule has 19 heavy (non-hydrogen) atoms. The molecule has 0 aliphatic rings. The lowest BCUT2D eigenvalue weighted by atomic mass is 10.1. The van der Waals surface area contributed by atoms with Gasteiger partial charge in [-0.2, -0.15) is 0 Å². The van der Waals surface area contributed by atoms with E-state index in [0.29, 0.717) is 22.9 Å². The molecule has 0 radical (unpaired) electrons. The molecule has 5 N–H and O–H groups in total. The van der Waals surface area contributed by atoms with Crippen LogP contribution in [-0.2, 0) is 0 Å². The van der Waals surface area contributed by atoms with Crippen LogP contribution in [-0.4, -0.2) is 25.2 Å². The third-order valence-corrected chi connectivity index (χ3v) is 2.75. The van der Waals surface area contributed by atoms with Crippen LogP contribution in [0.3, 0.4) is 0 Å². The molecular formula is C13H17ClN4O. The minimum atomic E-state index is -0.139. The van der Waals surface area contributed by atoms with Crippen molar-refractivity contribution in [1.29, 1.82) is 10.8 Å². The maximum atomic E-state index is 7.27. The van der Waals surface area contributed by atoms with Crippen LogP contribution in [0.15, 0.2) is 24.4 Å². The average Bonchev–Trinajstić information content (AvgIpc) is 2.41. The Balaban J connectivity index is 2.91. The molecule has 6 heteroatoms. The summed E-state index contributed by atoms with van der Waals surface area (Å²) in [5.74, 6) is 0.527. The molecule has 1 rings (SSSR count). The van der Waals surface area contributed by atoms with Crippen molar-refractivity contribution in [3.8, 4) is 5.75 Å². The zero-order valence-electron chi connectivity index (χ0n) is 10.6. The third kappa shape index (κ3) is 4.30. The molecule has 0 heterocycles. The maximum Gasteiger partial charge on any atom is 0.139 e. The number of hydrogen-bond donors (Lipinski definition) is 4. The molecule has 0 spiro atoms. The SMILES string of the molecule is C[C@@H](CNC=N)Oc1cc(/C(C=N)=C/N)ccc1Cl. The van der Waals surface area contributed by atoms with Gasteiger partial charge in [0.25, 0.3) is 0 Å². The first-order chi connectivity index (χ1) is 9.12. The van der Waals surface area contributed by atoms with E-state index in [1.807, 2.05) is 6.92 Å². The van der Waals surface area contributed by atoms with Crippen LogP contribution >= 0.6 is 11.6 Å². The van der Waals surface area contributed by atoms with Gasteiger partial charge in [-0.1, -0.05) is 17.7 Å². The molecule has 1 aromatic rings. The lowest BCUT2D eigenvalue weighted by molar-refractivity contribution is 0.225. The molecule has 0 aliphatic heterocycles. The van der Waals surface area contributed by atoms with Gasteiger partial charge in [-0.3, -0.25) is 5.41 Å². The van der Waals surface area contributed by atoms with E-state index in [-0.39, 0.29) is 6.10 Å². The predicted molar refractivity (Wildman–Crippen MR) is 79.3 cm³/mol. The molecule has 0 unspecified atom stereocenters. The first kappa shape index (κ1) is 15.0. The van der Waals surface area contributed by atoms with E-state index in [4.69, 9.17) is 32.9 Å². The summed E-state index contributed by atoms with van der Waals surface area (Å²) < 4.78 is 5.69. The van der Waals surface area contributed by atoms with Gasteiger partial charge in [-0.25, -0.2) is 0 Å². The number of hydrogen-bond acceptors (Lipinski definition) is 4. The smallest absolute Gasteiger partial charge is 0.139 e. The number of halogens is 1. The van der Waals surface area contributed by atoms with Gasteiger partial charge in [0, 0.05) is 18.0 Å². The number of nitrogens with two attached hydrogens (primary N) is 1. The lowest BCUT2D eigenvalue weighted by Gasteiger charge is -2.16. The fraction of sp³-hybridized carbons (Fsp3) is 0.231. The van der Waals surface area contributed by atoms with Crippen LogP contribution in [0.25, 0.3) is 5.57 Å². The van der Waals surface area contributed by atoms with Gasteiger partial charge in [-0.15, -0.1) is 0 Å². The largest absolute Gasteiger partial charge is 0.487 e. The van der Waals surface area contributed by atoms with Crippen LogP contribution in [0.1, 0.15) is 12.5 Å². The zero-order valence-corrected chi connectivity index (χ0v) is 11.4. The number of allylic oxidation sites excluding steroid dienone is 1. The molecule has 5 nitrogen and oxygen atoms in total. The van der Waals surface area contributed by atoms with Crippen molar-refractivity contribution in [2.75, 3.05) is 6.54 Å². The minimum Gasteiger partial charge on any atom is -0.487 e. The van der Waals surface area contributed by atoms with E-state index in [9.17, 15) is 0 Å². The van der Waals surface area contributed by atoms with Gasteiger partial charge < -0.3 is 21.2 Å². The highest BCUT2D eigenvalue weighted by Gasteiger charge is 2.09. The van der Waals surface area contributed by atoms with Crippen LogP contribution in [0.4, 0.5) is 0 Å². The van der Waals surface area contributed by atoms with Gasteiger partial charge in [0.2, 0.25) is 0 Å². The second-order valence-electron chi connectivity index (χ2n) is 3.89. The Labute approximate surface area is 117 Å². The molecule has 0 bridgehead atoms. The van der Waals surface area contributed by atoms with Crippen molar-refractivity contribution in [3.05, 3.63) is 35.0 Å². The molecule has 1 aromatic carbocycles. The quantitative estimate of drug-likeness (QED) is 0.456. The number of nitrogens with one attached hydrogen (secondary N) is 3. The van der Waals surface area contributed by atoms with E-state index in [1.165, 1.54) is 12.4 Å². The van der Waals surface area contributed by atoms with Gasteiger partial charge in [0.15, 0.2) is 0 Å². The molecule has 0 saturated carbocycles. The summed E-state index contributed by atoms with van der Waals surface area (Å²) in [5, 5.41) is 17.4. The van der Waals surface area contributed by atoms with Gasteiger partial charge in [0.05, 0.1) is 17.9 Å². The van der Waals surface area contributed by atoms with Crippen molar-refractivity contribution in [1.82, 2.24) is 5.32 Å². The Hall–Kier alpha value is -2.01. The molecule has 1 atom stereocenters. The molecule has 102 valence electrons. The Morgan fingerprint density at radius 3 is 2.84 bits per heavy atom. The first-order valence-electron chi connectivity index (χ1n) is 5.73. The monoisotopic (exact) mass is 280 g/mol. The highest BCUT2D eigenvalue weighted by molar-refractivity contribution is 6.32. The van der Waals surface area contributed by atoms with Crippen molar-refractivity contribution < 1.29 is 4.74 Å². The molecule has 0 amide bonds. The first-order valence-corrected chi connectivity index (χ1v) is 6.11. The van der Waals surface area contributed by atoms with E-state index in [0.717, 1.165) is 11.9 Å². The summed E-state index contributed by atoms with van der Waals surface area (Å²) in [6, 6.07) is 5.22. The van der Waals surface area contributed by atoms with Crippen LogP contribution in [0, 0.1) is 10.8 Å². The fourth-order valence-electron chi connectivity index (χ4n) is 1.48. The van der Waals surface area contributed by atoms with Crippen LogP contribution < -0.4 is 15.8 Å². The Bertz CT molecular complexity index is 488. The van der Waals surface area contributed by atoms with Gasteiger partial charge in [0.1, 0.15) is 11.9 Å². The lowest BCUT2D eigenvalue weighted by Crippen LogP contribution is -2.27. The van der Waals surface area contributed by atoms with E-state index < -0.39 is 0 Å². The second-order valence-corrected chi connectivity index (χ2v) is 4.30. The Morgan fingerprint density at radius 2 is 2.26 bits per heavy atom. The molecule has 0 aromatic heterocycles. The summed E-state index contributed by atoms with van der Waals surface area (Å²) in [6.45, 7) is 2.38. The van der Waals surface area contributed by atoms with Crippen molar-refractivity contribution in [2.45, 2.75) is 13.0 Å². The average molecular weight is 281 g/mol. The van der Waals surface area contributed by atoms with Gasteiger partial charge >= 0.3 is 0 Å². The van der Waals surface area contributed by atoms with Crippen molar-refractivity contribution in [3.63, 3.8) is 0 Å². The molecule has 0 saturated heterocycles. The van der Waals surface area contributed by atoms with Crippen molar-refractivity contribution in [2.24, 2.45) is 5.73 Å². The van der Waals surface area contributed by atoms with Crippen molar-refractivity contribution >= 4 is 29.7 Å². The van der Waals surface area contributed by atoms with Crippen LogP contribution in [0.5, 0.6) is 5.75 Å². The predicted octanol–water partition coefficient (Wildman–Crippen LogP) is 2.25. The third-order valence-electron chi connectivity index (χ3n) is 2.44. The zero-order chi connectivity index (χ0) is 14.3. The summed E-state index contributed by atoms with van der Waals surface area (Å²) >= 11 is 6.07. The number of rotatable bonds is 7. The van der Waals surface area contributed by atoms with E-state index in [2.05, 4.69) is 5.32 Å². The molecular weight excluding hydrogens is 264 g/mol. The minimum absolute atomic E-state index is 0.139. The van der Waals surface area contributed by atoms with E-state index in [1.54, 1.807) is 18.2 Å². The number of ether oxygens (including phenoxy) is 1. The topological polar surface area (TPSA) is 95.0 Å². The normalized spacial score (nSPS) is 12.6. The van der Waals surface area contributed by atoms with Gasteiger partial charge in [-0.05, 0) is 24.6 Å². The summed E-state index contributed by atoms with van der Waals surface area (Å²) in [4.78, 5) is 0. The highest BCUT2D eigenvalue weighted by atomic mass is 35.5. The highest BCUT2D eigenvalue weighted by Crippen LogP contribution is 2.28. The Morgan fingerprint density at radius 1 is 1.53 bits per heavy atom. The standard InChI is InChI=1S/C13H17ClN4O/c1-9(7-18-8-17)19-13-4-10(2-3-12(13)14)11(5-15)6-16/h2-6,8-9,15H,7,16H2,1H3,(H2,17,18)/b11-6+,15-5?/t9-/m0/s1. The Kier molecular flexibility index (Phi) is 5.89. The number of benzene rings is 1. The van der Waals surface area contributed by atoms with E-state index >= 15 is 0 Å². The fourth-order valence-corrected chi connectivity index (χ4v) is 1.65. The summed E-state index contributed by atoms with van der Waals surface area (Å²) in [6.07, 6.45) is 3.51. The molecule has 0 aliphatic carbocycles. The van der Waals surface area contributed by atoms with Crippen LogP contribution in [0.2, 0.25) is 5.02 Å². The summed E-state index contributed by atoms with van der Waals surface area (Å²) in [5.41, 5.74) is 6.81. The molecule has 0 fully saturated rings.